The van der Waals surface area contributed by atoms with Gasteiger partial charge in [0, 0.05) is 19.4 Å². The Hall–Kier alpha value is -2.04. The highest BCUT2D eigenvalue weighted by Gasteiger charge is 2.37. The standard InChI is InChI=1S/C15H17NO4/c1-19-13-5-9-6-15(18)16-4-3-10(17)7-12(16)11(9)8-14(13)20-2/h5,8,12H,3-4,6-7H2,1-2H3. The van der Waals surface area contributed by atoms with Crippen molar-refractivity contribution in [3.8, 4) is 11.5 Å². The van der Waals surface area contributed by atoms with Crippen molar-refractivity contribution in [2.45, 2.75) is 25.3 Å². The quantitative estimate of drug-likeness (QED) is 0.820. The Balaban J connectivity index is 2.09. The van der Waals surface area contributed by atoms with Crippen molar-refractivity contribution in [3.63, 3.8) is 0 Å². The van der Waals surface area contributed by atoms with Crippen molar-refractivity contribution in [2.75, 3.05) is 20.8 Å². The third kappa shape index (κ3) is 1.94. The van der Waals surface area contributed by atoms with Gasteiger partial charge in [0.25, 0.3) is 0 Å². The van der Waals surface area contributed by atoms with Crippen LogP contribution >= 0.6 is 0 Å². The minimum atomic E-state index is -0.146. The fourth-order valence-electron chi connectivity index (χ4n) is 3.07. The van der Waals surface area contributed by atoms with Crippen LogP contribution in [0.2, 0.25) is 0 Å². The minimum Gasteiger partial charge on any atom is -0.493 e. The molecule has 0 aromatic heterocycles. The van der Waals surface area contributed by atoms with E-state index < -0.39 is 0 Å². The maximum absolute atomic E-state index is 12.2. The summed E-state index contributed by atoms with van der Waals surface area (Å²) >= 11 is 0. The Morgan fingerprint density at radius 1 is 1.15 bits per heavy atom. The first-order chi connectivity index (χ1) is 9.63. The summed E-state index contributed by atoms with van der Waals surface area (Å²) in [6.07, 6.45) is 1.22. The molecule has 1 aromatic rings. The summed E-state index contributed by atoms with van der Waals surface area (Å²) in [5.41, 5.74) is 1.94. The molecule has 1 aromatic carbocycles. The molecule has 1 amide bonds. The van der Waals surface area contributed by atoms with Gasteiger partial charge in [-0.25, -0.2) is 0 Å². The first-order valence-electron chi connectivity index (χ1n) is 6.70. The molecule has 0 N–H and O–H groups in total. The lowest BCUT2D eigenvalue weighted by atomic mass is 9.86. The lowest BCUT2D eigenvalue weighted by Gasteiger charge is -2.40. The van der Waals surface area contributed by atoms with Gasteiger partial charge in [-0.3, -0.25) is 9.59 Å². The Morgan fingerprint density at radius 2 is 1.85 bits per heavy atom. The number of ketones is 1. The largest absolute Gasteiger partial charge is 0.493 e. The summed E-state index contributed by atoms with van der Waals surface area (Å²) in [4.78, 5) is 25.7. The fourth-order valence-corrected chi connectivity index (χ4v) is 3.07. The summed E-state index contributed by atoms with van der Waals surface area (Å²) in [5, 5.41) is 0. The molecular weight excluding hydrogens is 258 g/mol. The number of Topliss-reactive ketones (excluding diaryl/α,β-unsaturated/α-hetero) is 1. The van der Waals surface area contributed by atoms with Crippen LogP contribution in [0.1, 0.15) is 30.0 Å². The zero-order valence-electron chi connectivity index (χ0n) is 11.6. The van der Waals surface area contributed by atoms with Crippen LogP contribution in [0, 0.1) is 0 Å². The number of carbonyl (C=O) groups excluding carboxylic acids is 2. The van der Waals surface area contributed by atoms with E-state index in [2.05, 4.69) is 0 Å². The summed E-state index contributed by atoms with van der Waals surface area (Å²) in [6.45, 7) is 0.524. The highest BCUT2D eigenvalue weighted by Crippen LogP contribution is 2.41. The van der Waals surface area contributed by atoms with Crippen molar-refractivity contribution < 1.29 is 19.1 Å². The molecule has 2 heterocycles. The maximum atomic E-state index is 12.2. The molecule has 5 nitrogen and oxygen atoms in total. The van der Waals surface area contributed by atoms with Gasteiger partial charge >= 0.3 is 0 Å². The summed E-state index contributed by atoms with van der Waals surface area (Å²) in [7, 11) is 3.16. The number of hydrogen-bond donors (Lipinski definition) is 0. The molecule has 0 spiro atoms. The van der Waals surface area contributed by atoms with Crippen LogP contribution in [0.3, 0.4) is 0 Å². The molecule has 1 saturated heterocycles. The zero-order valence-corrected chi connectivity index (χ0v) is 11.6. The van der Waals surface area contributed by atoms with Gasteiger partial charge in [-0.1, -0.05) is 0 Å². The number of benzene rings is 1. The summed E-state index contributed by atoms with van der Waals surface area (Å²) in [6, 6.07) is 3.60. The van der Waals surface area contributed by atoms with E-state index in [-0.39, 0.29) is 17.7 Å². The molecule has 2 aliphatic rings. The van der Waals surface area contributed by atoms with Gasteiger partial charge in [-0.2, -0.15) is 0 Å². The smallest absolute Gasteiger partial charge is 0.227 e. The van der Waals surface area contributed by atoms with E-state index in [4.69, 9.17) is 9.47 Å². The maximum Gasteiger partial charge on any atom is 0.227 e. The van der Waals surface area contributed by atoms with Crippen molar-refractivity contribution in [1.82, 2.24) is 4.90 Å². The summed E-state index contributed by atoms with van der Waals surface area (Å²) in [5.74, 6) is 1.55. The Morgan fingerprint density at radius 3 is 2.55 bits per heavy atom. The van der Waals surface area contributed by atoms with Crippen molar-refractivity contribution >= 4 is 11.7 Å². The molecule has 20 heavy (non-hydrogen) atoms. The van der Waals surface area contributed by atoms with Gasteiger partial charge in [0.05, 0.1) is 26.7 Å². The van der Waals surface area contributed by atoms with Gasteiger partial charge in [0.15, 0.2) is 11.5 Å². The molecule has 1 fully saturated rings. The topological polar surface area (TPSA) is 55.8 Å². The van der Waals surface area contributed by atoms with E-state index in [9.17, 15) is 9.59 Å². The number of ether oxygens (including phenoxy) is 2. The SMILES string of the molecule is COc1cc2c(cc1OC)C1CC(=O)CCN1C(=O)C2. The van der Waals surface area contributed by atoms with Gasteiger partial charge < -0.3 is 14.4 Å². The van der Waals surface area contributed by atoms with E-state index in [0.29, 0.717) is 37.3 Å². The zero-order chi connectivity index (χ0) is 14.3. The van der Waals surface area contributed by atoms with E-state index in [1.54, 1.807) is 14.2 Å². The number of piperidine rings is 1. The molecule has 106 valence electrons. The van der Waals surface area contributed by atoms with Gasteiger partial charge in [0.1, 0.15) is 5.78 Å². The second-order valence-corrected chi connectivity index (χ2v) is 5.18. The summed E-state index contributed by atoms with van der Waals surface area (Å²) < 4.78 is 10.6. The van der Waals surface area contributed by atoms with Crippen LogP contribution in [0.15, 0.2) is 12.1 Å². The van der Waals surface area contributed by atoms with Gasteiger partial charge in [-0.15, -0.1) is 0 Å². The molecule has 1 atom stereocenters. The predicted octanol–water partition coefficient (Wildman–Crippen LogP) is 1.49. The molecule has 2 aliphatic heterocycles. The first kappa shape index (κ1) is 13.0. The van der Waals surface area contributed by atoms with E-state index >= 15 is 0 Å². The molecule has 0 saturated carbocycles. The molecule has 5 heteroatoms. The predicted molar refractivity (Wildman–Crippen MR) is 71.9 cm³/mol. The number of hydrogen-bond acceptors (Lipinski definition) is 4. The average Bonchev–Trinajstić information content (AvgIpc) is 2.46. The van der Waals surface area contributed by atoms with E-state index in [1.165, 1.54) is 0 Å². The first-order valence-corrected chi connectivity index (χ1v) is 6.70. The van der Waals surface area contributed by atoms with Crippen LogP contribution < -0.4 is 9.47 Å². The van der Waals surface area contributed by atoms with Crippen molar-refractivity contribution in [3.05, 3.63) is 23.3 Å². The monoisotopic (exact) mass is 275 g/mol. The van der Waals surface area contributed by atoms with Crippen molar-refractivity contribution in [2.24, 2.45) is 0 Å². The Kier molecular flexibility index (Phi) is 3.12. The molecule has 1 unspecified atom stereocenters. The fraction of sp³-hybridized carbons (Fsp3) is 0.467. The molecule has 3 rings (SSSR count). The molecular formula is C15H17NO4. The second-order valence-electron chi connectivity index (χ2n) is 5.18. The normalized spacial score (nSPS) is 21.3. The van der Waals surface area contributed by atoms with Crippen LogP contribution in [-0.2, 0) is 16.0 Å². The molecule has 0 aliphatic carbocycles. The third-order valence-electron chi connectivity index (χ3n) is 4.10. The average molecular weight is 275 g/mol. The van der Waals surface area contributed by atoms with Crippen molar-refractivity contribution in [1.29, 1.82) is 0 Å². The highest BCUT2D eigenvalue weighted by molar-refractivity contribution is 5.87. The number of amides is 1. The van der Waals surface area contributed by atoms with Crippen LogP contribution in [0.25, 0.3) is 0 Å². The molecule has 0 bridgehead atoms. The number of rotatable bonds is 2. The third-order valence-corrected chi connectivity index (χ3v) is 4.10. The van der Waals surface area contributed by atoms with Gasteiger partial charge in [0.2, 0.25) is 5.91 Å². The number of fused-ring (bicyclic) bond motifs is 3. The lowest BCUT2D eigenvalue weighted by Crippen LogP contribution is -2.45. The van der Waals surface area contributed by atoms with E-state index in [0.717, 1.165) is 11.1 Å². The Labute approximate surface area is 117 Å². The number of methoxy groups -OCH3 is 2. The molecule has 0 radical (unpaired) electrons. The number of carbonyl (C=O) groups is 2. The van der Waals surface area contributed by atoms with Crippen LogP contribution in [-0.4, -0.2) is 37.4 Å². The van der Waals surface area contributed by atoms with E-state index in [1.807, 2.05) is 17.0 Å². The van der Waals surface area contributed by atoms with Crippen LogP contribution in [0.5, 0.6) is 11.5 Å². The lowest BCUT2D eigenvalue weighted by molar-refractivity contribution is -0.138. The Bertz CT molecular complexity index is 581. The number of nitrogens with zero attached hydrogens (tertiary/aromatic N) is 1. The highest BCUT2D eigenvalue weighted by atomic mass is 16.5. The van der Waals surface area contributed by atoms with Gasteiger partial charge in [-0.05, 0) is 23.3 Å². The second kappa shape index (κ2) is 4.81. The minimum absolute atomic E-state index is 0.0854. The van der Waals surface area contributed by atoms with Crippen LogP contribution in [0.4, 0.5) is 0 Å².